The van der Waals surface area contributed by atoms with Gasteiger partial charge in [0.05, 0.1) is 28.0 Å². The van der Waals surface area contributed by atoms with Crippen LogP contribution in [0.5, 0.6) is 5.75 Å². The molecule has 0 spiro atoms. The molecule has 26 heavy (non-hydrogen) atoms. The molecule has 0 amide bonds. The molecule has 0 aliphatic carbocycles. The first kappa shape index (κ1) is 15.9. The molecule has 1 N–H and O–H groups in total. The molecule has 2 aromatic carbocycles. The highest BCUT2D eigenvalue weighted by Crippen LogP contribution is 2.39. The molecule has 0 fully saturated rings. The number of aromatic hydroxyl groups is 1. The summed E-state index contributed by atoms with van der Waals surface area (Å²) in [4.78, 5) is 0. The molecule has 128 valence electrons. The van der Waals surface area contributed by atoms with E-state index in [0.717, 1.165) is 10.9 Å². The summed E-state index contributed by atoms with van der Waals surface area (Å²) in [6, 6.07) is 13.8. The molecule has 0 atom stereocenters. The Hall–Kier alpha value is -3.59. The highest BCUT2D eigenvalue weighted by atomic mass is 19.1. The van der Waals surface area contributed by atoms with Gasteiger partial charge in [-0.05, 0) is 32.0 Å². The van der Waals surface area contributed by atoms with Gasteiger partial charge in [-0.3, -0.25) is 0 Å². The summed E-state index contributed by atoms with van der Waals surface area (Å²) < 4.78 is 21.1. The average Bonchev–Trinajstić information content (AvgIpc) is 3.13. The number of fused-ring (bicyclic) bond motifs is 1. The van der Waals surface area contributed by atoms with Crippen LogP contribution < -0.4 is 0 Å². The maximum Gasteiger partial charge on any atom is 0.166 e. The van der Waals surface area contributed by atoms with E-state index in [2.05, 4.69) is 11.2 Å². The van der Waals surface area contributed by atoms with Gasteiger partial charge in [-0.1, -0.05) is 23.4 Å². The van der Waals surface area contributed by atoms with E-state index < -0.39 is 11.6 Å². The SMILES string of the molecule is Cc1noc(C)c1-c1c(C#N)c2ccccc2n1-c1ccc(O)c(F)c1. The third-order valence-corrected chi connectivity index (χ3v) is 4.45. The number of halogens is 1. The Kier molecular flexibility index (Phi) is 3.51. The van der Waals surface area contributed by atoms with Crippen molar-refractivity contribution < 1.29 is 14.0 Å². The van der Waals surface area contributed by atoms with Crippen LogP contribution in [0.25, 0.3) is 27.8 Å². The van der Waals surface area contributed by atoms with Crippen LogP contribution in [0.1, 0.15) is 17.0 Å². The van der Waals surface area contributed by atoms with E-state index in [1.165, 1.54) is 12.1 Å². The zero-order chi connectivity index (χ0) is 18.4. The number of hydrogen-bond acceptors (Lipinski definition) is 4. The molecular formula is C20H14FN3O2. The topological polar surface area (TPSA) is 75.0 Å². The van der Waals surface area contributed by atoms with E-state index in [1.807, 2.05) is 24.3 Å². The van der Waals surface area contributed by atoms with Crippen LogP contribution in [0.2, 0.25) is 0 Å². The standard InChI is InChI=1S/C20H14FN3O2/c1-11-19(12(2)26-23-11)20-15(10-22)14-5-3-4-6-17(14)24(20)13-7-8-18(25)16(21)9-13/h3-9,25H,1-2H3. The van der Waals surface area contributed by atoms with Crippen LogP contribution in [0, 0.1) is 31.0 Å². The first-order valence-electron chi connectivity index (χ1n) is 7.98. The number of phenolic OH excluding ortho intramolecular Hbond substituents is 1. The number of aromatic nitrogens is 2. The molecular weight excluding hydrogens is 333 g/mol. The monoisotopic (exact) mass is 347 g/mol. The molecule has 4 rings (SSSR count). The van der Waals surface area contributed by atoms with Crippen molar-refractivity contribution in [3.05, 3.63) is 65.3 Å². The van der Waals surface area contributed by atoms with Gasteiger partial charge in [0.25, 0.3) is 0 Å². The summed E-state index contributed by atoms with van der Waals surface area (Å²) in [5.74, 6) is -0.588. The Morgan fingerprint density at radius 3 is 2.62 bits per heavy atom. The molecule has 0 saturated heterocycles. The van der Waals surface area contributed by atoms with Crippen LogP contribution in [-0.4, -0.2) is 14.8 Å². The van der Waals surface area contributed by atoms with E-state index in [-0.39, 0.29) is 0 Å². The lowest BCUT2D eigenvalue weighted by molar-refractivity contribution is 0.393. The van der Waals surface area contributed by atoms with Crippen molar-refractivity contribution in [3.63, 3.8) is 0 Å². The normalized spacial score (nSPS) is 11.0. The maximum atomic E-state index is 14.0. The molecule has 0 bridgehead atoms. The van der Waals surface area contributed by atoms with Crippen molar-refractivity contribution >= 4 is 10.9 Å². The number of nitriles is 1. The van der Waals surface area contributed by atoms with Crippen LogP contribution in [-0.2, 0) is 0 Å². The molecule has 4 aromatic rings. The number of para-hydroxylation sites is 1. The van der Waals surface area contributed by atoms with Crippen LogP contribution >= 0.6 is 0 Å². The Morgan fingerprint density at radius 1 is 1.19 bits per heavy atom. The highest BCUT2D eigenvalue weighted by Gasteiger charge is 2.25. The molecule has 2 aromatic heterocycles. The minimum atomic E-state index is -0.733. The number of rotatable bonds is 2. The zero-order valence-corrected chi connectivity index (χ0v) is 14.1. The Balaban J connectivity index is 2.20. The van der Waals surface area contributed by atoms with E-state index in [0.29, 0.717) is 34.0 Å². The van der Waals surface area contributed by atoms with E-state index in [9.17, 15) is 14.8 Å². The molecule has 5 nitrogen and oxygen atoms in total. The van der Waals surface area contributed by atoms with E-state index in [1.54, 1.807) is 24.5 Å². The lowest BCUT2D eigenvalue weighted by Crippen LogP contribution is -1.99. The second-order valence-electron chi connectivity index (χ2n) is 6.02. The van der Waals surface area contributed by atoms with Gasteiger partial charge in [0, 0.05) is 17.1 Å². The van der Waals surface area contributed by atoms with Crippen molar-refractivity contribution in [2.24, 2.45) is 0 Å². The van der Waals surface area contributed by atoms with Gasteiger partial charge < -0.3 is 14.2 Å². The third-order valence-electron chi connectivity index (χ3n) is 4.45. The van der Waals surface area contributed by atoms with Gasteiger partial charge in [-0.15, -0.1) is 0 Å². The van der Waals surface area contributed by atoms with Crippen molar-refractivity contribution in [1.82, 2.24) is 9.72 Å². The van der Waals surface area contributed by atoms with Crippen molar-refractivity contribution in [2.75, 3.05) is 0 Å². The third kappa shape index (κ3) is 2.18. The average molecular weight is 347 g/mol. The predicted octanol–water partition coefficient (Wildman–Crippen LogP) is 4.62. The van der Waals surface area contributed by atoms with Crippen molar-refractivity contribution in [2.45, 2.75) is 13.8 Å². The minimum absolute atomic E-state index is 0.426. The number of benzene rings is 2. The Labute approximate surface area is 148 Å². The van der Waals surface area contributed by atoms with Gasteiger partial charge in [-0.2, -0.15) is 5.26 Å². The van der Waals surface area contributed by atoms with Gasteiger partial charge in [-0.25, -0.2) is 4.39 Å². The van der Waals surface area contributed by atoms with Gasteiger partial charge in [0.1, 0.15) is 11.8 Å². The summed E-state index contributed by atoms with van der Waals surface area (Å²) >= 11 is 0. The fraction of sp³-hybridized carbons (Fsp3) is 0.100. The maximum absolute atomic E-state index is 14.0. The van der Waals surface area contributed by atoms with E-state index in [4.69, 9.17) is 4.52 Å². The van der Waals surface area contributed by atoms with Crippen molar-refractivity contribution in [1.29, 1.82) is 5.26 Å². The molecule has 0 radical (unpaired) electrons. The molecule has 0 aliphatic heterocycles. The molecule has 0 saturated carbocycles. The molecule has 0 aliphatic rings. The number of aryl methyl sites for hydroxylation is 2. The second kappa shape index (κ2) is 5.74. The molecule has 2 heterocycles. The second-order valence-corrected chi connectivity index (χ2v) is 6.02. The molecule has 6 heteroatoms. The molecule has 0 unspecified atom stereocenters. The summed E-state index contributed by atoms with van der Waals surface area (Å²) in [5.41, 5.74) is 3.64. The van der Waals surface area contributed by atoms with Gasteiger partial charge in [0.15, 0.2) is 11.6 Å². The quantitative estimate of drug-likeness (QED) is 0.574. The summed E-state index contributed by atoms with van der Waals surface area (Å²) in [5, 5.41) is 24.1. The summed E-state index contributed by atoms with van der Waals surface area (Å²) in [7, 11) is 0. The minimum Gasteiger partial charge on any atom is -0.505 e. The van der Waals surface area contributed by atoms with Crippen LogP contribution in [0.3, 0.4) is 0 Å². The summed E-state index contributed by atoms with van der Waals surface area (Å²) in [6.07, 6.45) is 0. The lowest BCUT2D eigenvalue weighted by Gasteiger charge is -2.12. The van der Waals surface area contributed by atoms with Gasteiger partial charge >= 0.3 is 0 Å². The fourth-order valence-electron chi connectivity index (χ4n) is 3.31. The first-order chi connectivity index (χ1) is 12.5. The number of phenols is 1. The zero-order valence-electron chi connectivity index (χ0n) is 14.1. The Bertz CT molecular complexity index is 1180. The number of hydrogen-bond donors (Lipinski definition) is 1. The predicted molar refractivity (Wildman–Crippen MR) is 94.6 cm³/mol. The van der Waals surface area contributed by atoms with E-state index >= 15 is 0 Å². The van der Waals surface area contributed by atoms with Gasteiger partial charge in [0.2, 0.25) is 0 Å². The fourth-order valence-corrected chi connectivity index (χ4v) is 3.31. The summed E-state index contributed by atoms with van der Waals surface area (Å²) in [6.45, 7) is 3.57. The van der Waals surface area contributed by atoms with Crippen LogP contribution in [0.4, 0.5) is 4.39 Å². The smallest absolute Gasteiger partial charge is 0.166 e. The van der Waals surface area contributed by atoms with Crippen LogP contribution in [0.15, 0.2) is 47.0 Å². The Morgan fingerprint density at radius 2 is 1.96 bits per heavy atom. The highest BCUT2D eigenvalue weighted by molar-refractivity contribution is 5.96. The first-order valence-corrected chi connectivity index (χ1v) is 7.98. The number of nitrogens with zero attached hydrogens (tertiary/aromatic N) is 3. The largest absolute Gasteiger partial charge is 0.505 e. The lowest BCUT2D eigenvalue weighted by atomic mass is 10.0. The van der Waals surface area contributed by atoms with Crippen molar-refractivity contribution in [3.8, 4) is 28.8 Å².